The molecule has 0 bridgehead atoms. The molecule has 3 aromatic heterocycles. The Morgan fingerprint density at radius 3 is 2.42 bits per heavy atom. The lowest BCUT2D eigenvalue weighted by molar-refractivity contribution is -0.137. The van der Waals surface area contributed by atoms with Crippen molar-refractivity contribution in [3.8, 4) is 0 Å². The summed E-state index contributed by atoms with van der Waals surface area (Å²) in [5.41, 5.74) is 1.39. The van der Waals surface area contributed by atoms with Crippen LogP contribution in [0.3, 0.4) is 0 Å². The van der Waals surface area contributed by atoms with Crippen LogP contribution in [0.1, 0.15) is 41.1 Å². The van der Waals surface area contributed by atoms with Crippen molar-refractivity contribution in [3.05, 3.63) is 93.5 Å². The fourth-order valence-corrected chi connectivity index (χ4v) is 5.03. The maximum absolute atomic E-state index is 14.4. The fraction of sp³-hybridized carbons (Fsp3) is 0.308. The molecule has 0 saturated carbocycles. The van der Waals surface area contributed by atoms with E-state index in [9.17, 15) is 22.4 Å². The fourth-order valence-electron chi connectivity index (χ4n) is 5.03. The molecule has 0 unspecified atom stereocenters. The van der Waals surface area contributed by atoms with Gasteiger partial charge < -0.3 is 4.90 Å². The molecule has 0 atom stereocenters. The molecule has 5 rings (SSSR count). The number of benzene rings is 1. The third-order valence-corrected chi connectivity index (χ3v) is 6.77. The van der Waals surface area contributed by atoms with Crippen molar-refractivity contribution < 1.29 is 17.6 Å². The third-order valence-electron chi connectivity index (χ3n) is 6.77. The predicted molar refractivity (Wildman–Crippen MR) is 127 cm³/mol. The van der Waals surface area contributed by atoms with Crippen LogP contribution in [0.4, 0.5) is 23.2 Å². The van der Waals surface area contributed by atoms with Crippen molar-refractivity contribution in [2.45, 2.75) is 38.4 Å². The highest BCUT2D eigenvalue weighted by Gasteiger charge is 2.36. The number of nitrogens with zero attached hydrogens (tertiary/aromatic N) is 5. The molecule has 1 aliphatic heterocycles. The van der Waals surface area contributed by atoms with Gasteiger partial charge in [0.25, 0.3) is 5.56 Å². The minimum absolute atomic E-state index is 0.105. The Balaban J connectivity index is 1.51. The summed E-state index contributed by atoms with van der Waals surface area (Å²) in [6.07, 6.45) is 1.00. The van der Waals surface area contributed by atoms with Gasteiger partial charge in [0.1, 0.15) is 11.3 Å². The molecular weight excluding hydrogens is 474 g/mol. The van der Waals surface area contributed by atoms with Gasteiger partial charge in [0.15, 0.2) is 5.65 Å². The number of aromatic nitrogens is 4. The molecule has 6 nitrogen and oxygen atoms in total. The Labute approximate surface area is 204 Å². The number of pyridine rings is 2. The van der Waals surface area contributed by atoms with Crippen LogP contribution in [0, 0.1) is 12.7 Å². The Bertz CT molecular complexity index is 1480. The Hall–Kier alpha value is -3.82. The second-order valence-electron chi connectivity index (χ2n) is 8.87. The average Bonchev–Trinajstić information content (AvgIpc) is 2.87. The van der Waals surface area contributed by atoms with Crippen LogP contribution in [-0.4, -0.2) is 32.6 Å². The van der Waals surface area contributed by atoms with Crippen molar-refractivity contribution in [3.63, 3.8) is 0 Å². The van der Waals surface area contributed by atoms with Crippen molar-refractivity contribution in [1.29, 1.82) is 0 Å². The van der Waals surface area contributed by atoms with E-state index in [2.05, 4.69) is 15.0 Å². The summed E-state index contributed by atoms with van der Waals surface area (Å²) in [7, 11) is 0. The van der Waals surface area contributed by atoms with E-state index in [1.807, 2.05) is 6.92 Å². The largest absolute Gasteiger partial charge is 0.418 e. The monoisotopic (exact) mass is 497 g/mol. The van der Waals surface area contributed by atoms with Crippen LogP contribution in [0.2, 0.25) is 0 Å². The molecule has 4 heterocycles. The zero-order chi connectivity index (χ0) is 25.4. The van der Waals surface area contributed by atoms with Gasteiger partial charge in [-0.05, 0) is 55.5 Å². The molecule has 0 N–H and O–H groups in total. The summed E-state index contributed by atoms with van der Waals surface area (Å²) in [5, 5.41) is 0. The van der Waals surface area contributed by atoms with E-state index in [-0.39, 0.29) is 29.4 Å². The summed E-state index contributed by atoms with van der Waals surface area (Å²) in [5.74, 6) is -0.710. The summed E-state index contributed by atoms with van der Waals surface area (Å²) in [6.45, 7) is 2.44. The van der Waals surface area contributed by atoms with Gasteiger partial charge in [-0.25, -0.2) is 9.37 Å². The van der Waals surface area contributed by atoms with Gasteiger partial charge in [-0.1, -0.05) is 12.1 Å². The van der Waals surface area contributed by atoms with E-state index in [4.69, 9.17) is 0 Å². The zero-order valence-electron chi connectivity index (χ0n) is 19.5. The number of piperidine rings is 1. The van der Waals surface area contributed by atoms with Crippen LogP contribution in [0.25, 0.3) is 11.2 Å². The molecule has 4 aromatic rings. The molecule has 186 valence electrons. The SMILES string of the molecule is Cc1c(C2CCN(c3ccccc3C(F)(F)F)CC2)c(=O)n(Cc2ncccc2F)c2nccnc12. The normalized spacial score (nSPS) is 15.0. The van der Waals surface area contributed by atoms with Crippen molar-refractivity contribution in [2.24, 2.45) is 0 Å². The highest BCUT2D eigenvalue weighted by atomic mass is 19.4. The number of alkyl halides is 3. The minimum atomic E-state index is -4.45. The smallest absolute Gasteiger partial charge is 0.371 e. The van der Waals surface area contributed by atoms with Crippen LogP contribution in [0.5, 0.6) is 0 Å². The first-order valence-electron chi connectivity index (χ1n) is 11.6. The van der Waals surface area contributed by atoms with E-state index < -0.39 is 17.6 Å². The first-order valence-corrected chi connectivity index (χ1v) is 11.6. The van der Waals surface area contributed by atoms with Crippen LogP contribution >= 0.6 is 0 Å². The lowest BCUT2D eigenvalue weighted by atomic mass is 9.87. The first kappa shape index (κ1) is 23.9. The Kier molecular flexibility index (Phi) is 6.19. The lowest BCUT2D eigenvalue weighted by Crippen LogP contribution is -2.37. The van der Waals surface area contributed by atoms with E-state index >= 15 is 0 Å². The van der Waals surface area contributed by atoms with Gasteiger partial charge in [0, 0.05) is 42.9 Å². The molecule has 0 spiro atoms. The van der Waals surface area contributed by atoms with E-state index in [0.29, 0.717) is 48.2 Å². The maximum Gasteiger partial charge on any atom is 0.418 e. The number of anilines is 1. The number of fused-ring (bicyclic) bond motifs is 1. The average molecular weight is 497 g/mol. The van der Waals surface area contributed by atoms with Crippen LogP contribution < -0.4 is 10.5 Å². The summed E-state index contributed by atoms with van der Waals surface area (Å²) >= 11 is 0. The molecule has 1 aromatic carbocycles. The summed E-state index contributed by atoms with van der Waals surface area (Å²) in [4.78, 5) is 28.3. The number of para-hydroxylation sites is 1. The number of hydrogen-bond donors (Lipinski definition) is 0. The zero-order valence-corrected chi connectivity index (χ0v) is 19.5. The van der Waals surface area contributed by atoms with Crippen LogP contribution in [-0.2, 0) is 12.7 Å². The van der Waals surface area contributed by atoms with Gasteiger partial charge in [0.05, 0.1) is 17.8 Å². The number of rotatable bonds is 4. The van der Waals surface area contributed by atoms with Crippen molar-refractivity contribution in [2.75, 3.05) is 18.0 Å². The highest BCUT2D eigenvalue weighted by Crippen LogP contribution is 2.39. The molecule has 1 aliphatic rings. The van der Waals surface area contributed by atoms with Gasteiger partial charge in [-0.15, -0.1) is 0 Å². The maximum atomic E-state index is 14.4. The molecule has 0 radical (unpaired) electrons. The Morgan fingerprint density at radius 2 is 1.69 bits per heavy atom. The number of hydrogen-bond acceptors (Lipinski definition) is 5. The molecule has 36 heavy (non-hydrogen) atoms. The standard InChI is InChI=1S/C26H23F4N5O/c1-16-22(17-8-13-34(14-9-17)21-7-3-2-5-18(21)26(28,29)30)25(36)35(24-23(16)32-11-12-33-24)15-20-19(27)6-4-10-31-20/h2-7,10-12,17H,8-9,13-15H2,1H3. The van der Waals surface area contributed by atoms with Crippen molar-refractivity contribution in [1.82, 2.24) is 19.5 Å². The molecule has 10 heteroatoms. The number of aryl methyl sites for hydroxylation is 1. The van der Waals surface area contributed by atoms with Crippen LogP contribution in [0.15, 0.2) is 59.8 Å². The third kappa shape index (κ3) is 4.31. The van der Waals surface area contributed by atoms with E-state index in [1.165, 1.54) is 47.4 Å². The van der Waals surface area contributed by atoms with Gasteiger partial charge in [0.2, 0.25) is 0 Å². The summed E-state index contributed by atoms with van der Waals surface area (Å²) in [6, 6.07) is 8.30. The highest BCUT2D eigenvalue weighted by molar-refractivity contribution is 5.75. The topological polar surface area (TPSA) is 63.9 Å². The summed E-state index contributed by atoms with van der Waals surface area (Å²) < 4.78 is 56.4. The lowest BCUT2D eigenvalue weighted by Gasteiger charge is -2.35. The quantitative estimate of drug-likeness (QED) is 0.368. The second-order valence-corrected chi connectivity index (χ2v) is 8.87. The second kappa shape index (κ2) is 9.33. The minimum Gasteiger partial charge on any atom is -0.371 e. The molecule has 0 amide bonds. The molecule has 1 fully saturated rings. The molecule has 1 saturated heterocycles. The molecule has 0 aliphatic carbocycles. The van der Waals surface area contributed by atoms with Gasteiger partial charge in [-0.3, -0.25) is 19.3 Å². The first-order chi connectivity index (χ1) is 17.3. The predicted octanol–water partition coefficient (Wildman–Crippen LogP) is 5.09. The van der Waals surface area contributed by atoms with E-state index in [0.717, 1.165) is 6.07 Å². The Morgan fingerprint density at radius 1 is 0.972 bits per heavy atom. The van der Waals surface area contributed by atoms with Crippen molar-refractivity contribution >= 4 is 16.9 Å². The van der Waals surface area contributed by atoms with E-state index in [1.54, 1.807) is 11.0 Å². The van der Waals surface area contributed by atoms with Gasteiger partial charge in [-0.2, -0.15) is 13.2 Å². The molecular formula is C26H23F4N5O. The number of halogens is 4. The van der Waals surface area contributed by atoms with Gasteiger partial charge >= 0.3 is 6.18 Å².